The van der Waals surface area contributed by atoms with Crippen molar-refractivity contribution in [3.63, 3.8) is 0 Å². The molecule has 0 atom stereocenters. The Hall–Kier alpha value is -4.15. The molecule has 0 radical (unpaired) electrons. The monoisotopic (exact) mass is 494 g/mol. The lowest BCUT2D eigenvalue weighted by Crippen LogP contribution is -2.45. The topological polar surface area (TPSA) is 107 Å². The van der Waals surface area contributed by atoms with Crippen LogP contribution in [-0.2, 0) is 12.1 Å². The summed E-state index contributed by atoms with van der Waals surface area (Å²) in [5.41, 5.74) is 3.65. The van der Waals surface area contributed by atoms with Crippen molar-refractivity contribution in [2.75, 3.05) is 39.8 Å². The van der Waals surface area contributed by atoms with Gasteiger partial charge in [-0.3, -0.25) is 14.5 Å². The number of carbonyl (C=O) groups excluding carboxylic acids is 2. The zero-order valence-electron chi connectivity index (χ0n) is 21.5. The SMILES string of the molecule is CNc1cc2c(cn1)CN(c1cc(NC(=O)Nc3cnn(C(C)(C)C)c3C)c(F)cc1C)C(=O)N2C. The van der Waals surface area contributed by atoms with Crippen molar-refractivity contribution in [3.05, 3.63) is 53.2 Å². The van der Waals surface area contributed by atoms with E-state index in [4.69, 9.17) is 0 Å². The first-order chi connectivity index (χ1) is 16.9. The fourth-order valence-corrected chi connectivity index (χ4v) is 4.29. The maximum Gasteiger partial charge on any atom is 0.329 e. The van der Waals surface area contributed by atoms with Gasteiger partial charge in [0.2, 0.25) is 0 Å². The first-order valence-corrected chi connectivity index (χ1v) is 11.6. The highest BCUT2D eigenvalue weighted by molar-refractivity contribution is 6.07. The molecule has 1 aliphatic heterocycles. The van der Waals surface area contributed by atoms with Gasteiger partial charge >= 0.3 is 12.1 Å². The van der Waals surface area contributed by atoms with E-state index in [9.17, 15) is 14.0 Å². The number of amides is 4. The lowest BCUT2D eigenvalue weighted by Gasteiger charge is -2.36. The zero-order valence-corrected chi connectivity index (χ0v) is 21.5. The predicted molar refractivity (Wildman–Crippen MR) is 140 cm³/mol. The summed E-state index contributed by atoms with van der Waals surface area (Å²) < 4.78 is 16.6. The molecule has 3 heterocycles. The minimum Gasteiger partial charge on any atom is -0.373 e. The van der Waals surface area contributed by atoms with Crippen LogP contribution in [0.3, 0.4) is 0 Å². The third kappa shape index (κ3) is 4.56. The van der Waals surface area contributed by atoms with Crippen molar-refractivity contribution in [1.82, 2.24) is 14.8 Å². The van der Waals surface area contributed by atoms with Crippen molar-refractivity contribution in [2.24, 2.45) is 0 Å². The Bertz CT molecular complexity index is 1340. The van der Waals surface area contributed by atoms with E-state index in [1.165, 1.54) is 17.0 Å². The molecule has 4 amide bonds. The Labute approximate surface area is 209 Å². The molecule has 2 aromatic heterocycles. The average Bonchev–Trinajstić information content (AvgIpc) is 3.18. The first kappa shape index (κ1) is 25.0. The van der Waals surface area contributed by atoms with Gasteiger partial charge in [0.25, 0.3) is 0 Å². The molecule has 190 valence electrons. The molecule has 0 fully saturated rings. The summed E-state index contributed by atoms with van der Waals surface area (Å²) in [6.45, 7) is 9.86. The molecular formula is C25H31FN8O2. The van der Waals surface area contributed by atoms with Gasteiger partial charge in [0.1, 0.15) is 11.6 Å². The molecule has 0 bridgehead atoms. The minimum atomic E-state index is -0.614. The van der Waals surface area contributed by atoms with Gasteiger partial charge in [-0.1, -0.05) is 0 Å². The Morgan fingerprint density at radius 3 is 2.39 bits per heavy atom. The van der Waals surface area contributed by atoms with Crippen LogP contribution < -0.4 is 25.8 Å². The molecule has 0 aliphatic carbocycles. The molecule has 0 saturated carbocycles. The van der Waals surface area contributed by atoms with Gasteiger partial charge in [0.05, 0.1) is 46.7 Å². The number of nitrogens with one attached hydrogen (secondary N) is 3. The van der Waals surface area contributed by atoms with Gasteiger partial charge in [0, 0.05) is 31.9 Å². The molecular weight excluding hydrogens is 463 g/mol. The van der Waals surface area contributed by atoms with Crippen LogP contribution in [0.2, 0.25) is 0 Å². The van der Waals surface area contributed by atoms with Crippen LogP contribution in [0.5, 0.6) is 0 Å². The molecule has 11 heteroatoms. The van der Waals surface area contributed by atoms with Crippen LogP contribution in [0.25, 0.3) is 0 Å². The van der Waals surface area contributed by atoms with Crippen molar-refractivity contribution in [1.29, 1.82) is 0 Å². The summed E-state index contributed by atoms with van der Waals surface area (Å²) in [6.07, 6.45) is 3.27. The Morgan fingerprint density at radius 2 is 1.75 bits per heavy atom. The van der Waals surface area contributed by atoms with Crippen LogP contribution in [0, 0.1) is 19.7 Å². The second-order valence-electron chi connectivity index (χ2n) is 9.80. The molecule has 0 saturated heterocycles. The van der Waals surface area contributed by atoms with E-state index >= 15 is 0 Å². The van der Waals surface area contributed by atoms with E-state index in [2.05, 4.69) is 26.0 Å². The number of pyridine rings is 1. The summed E-state index contributed by atoms with van der Waals surface area (Å²) in [6, 6.07) is 3.70. The van der Waals surface area contributed by atoms with Crippen molar-refractivity contribution in [2.45, 2.75) is 46.7 Å². The molecule has 4 rings (SSSR count). The number of rotatable bonds is 4. The highest BCUT2D eigenvalue weighted by Gasteiger charge is 2.31. The summed E-state index contributed by atoms with van der Waals surface area (Å²) in [7, 11) is 3.44. The molecule has 1 aromatic carbocycles. The number of hydrogen-bond acceptors (Lipinski definition) is 5. The number of anilines is 5. The van der Waals surface area contributed by atoms with Crippen molar-refractivity contribution in [3.8, 4) is 0 Å². The van der Waals surface area contributed by atoms with Gasteiger partial charge in [-0.25, -0.2) is 19.0 Å². The Morgan fingerprint density at radius 1 is 1.06 bits per heavy atom. The normalized spacial score (nSPS) is 13.5. The number of benzene rings is 1. The second kappa shape index (κ2) is 9.14. The Balaban J connectivity index is 1.59. The van der Waals surface area contributed by atoms with Crippen LogP contribution in [0.1, 0.15) is 37.6 Å². The number of urea groups is 2. The standard InChI is InChI=1S/C25H31FN8O2/c1-14-8-17(26)18(30-23(35)31-19-12-29-34(15(19)2)25(3,4)5)9-20(14)33-13-16-11-28-22(27-6)10-21(16)32(7)24(33)36/h8-12H,13H2,1-7H3,(H,27,28)(H2,30,31,35). The van der Waals surface area contributed by atoms with E-state index in [-0.39, 0.29) is 23.8 Å². The largest absolute Gasteiger partial charge is 0.373 e. The van der Waals surface area contributed by atoms with Gasteiger partial charge < -0.3 is 16.0 Å². The quantitative estimate of drug-likeness (QED) is 0.470. The molecule has 10 nitrogen and oxygen atoms in total. The zero-order chi connectivity index (χ0) is 26.4. The number of carbonyl (C=O) groups is 2. The lowest BCUT2D eigenvalue weighted by atomic mass is 10.1. The summed E-state index contributed by atoms with van der Waals surface area (Å²) in [5.74, 6) is 0.0487. The van der Waals surface area contributed by atoms with E-state index in [1.807, 2.05) is 33.8 Å². The predicted octanol–water partition coefficient (Wildman–Crippen LogP) is 5.05. The number of aryl methyl sites for hydroxylation is 1. The minimum absolute atomic E-state index is 0.0427. The van der Waals surface area contributed by atoms with Crippen molar-refractivity contribution < 1.29 is 14.0 Å². The van der Waals surface area contributed by atoms with Crippen molar-refractivity contribution >= 4 is 40.6 Å². The molecule has 3 N–H and O–H groups in total. The fraction of sp³-hybridized carbons (Fsp3) is 0.360. The van der Waals surface area contributed by atoms with E-state index < -0.39 is 11.8 Å². The average molecular weight is 495 g/mol. The van der Waals surface area contributed by atoms with Gasteiger partial charge in [-0.15, -0.1) is 0 Å². The second-order valence-corrected chi connectivity index (χ2v) is 9.80. The van der Waals surface area contributed by atoms with Gasteiger partial charge in [0.15, 0.2) is 0 Å². The number of fused-ring (bicyclic) bond motifs is 1. The number of nitrogens with zero attached hydrogens (tertiary/aromatic N) is 5. The molecule has 36 heavy (non-hydrogen) atoms. The Kier molecular flexibility index (Phi) is 6.33. The summed E-state index contributed by atoms with van der Waals surface area (Å²) >= 11 is 0. The highest BCUT2D eigenvalue weighted by atomic mass is 19.1. The summed E-state index contributed by atoms with van der Waals surface area (Å²) in [4.78, 5) is 33.4. The van der Waals surface area contributed by atoms with E-state index in [0.29, 0.717) is 22.8 Å². The third-order valence-corrected chi connectivity index (χ3v) is 6.14. The summed E-state index contributed by atoms with van der Waals surface area (Å²) in [5, 5.41) is 12.6. The third-order valence-electron chi connectivity index (χ3n) is 6.14. The maximum atomic E-state index is 14.8. The first-order valence-electron chi connectivity index (χ1n) is 11.6. The molecule has 0 unspecified atom stereocenters. The number of hydrogen-bond donors (Lipinski definition) is 3. The maximum absolute atomic E-state index is 14.8. The van der Waals surface area contributed by atoms with Crippen LogP contribution in [0.4, 0.5) is 42.5 Å². The van der Waals surface area contributed by atoms with Gasteiger partial charge in [-0.2, -0.15) is 5.10 Å². The van der Waals surface area contributed by atoms with Gasteiger partial charge in [-0.05, 0) is 52.3 Å². The number of halogens is 1. The van der Waals surface area contributed by atoms with Crippen LogP contribution in [0.15, 0.2) is 30.6 Å². The van der Waals surface area contributed by atoms with E-state index in [1.54, 1.807) is 43.0 Å². The van der Waals surface area contributed by atoms with Crippen LogP contribution >= 0.6 is 0 Å². The highest BCUT2D eigenvalue weighted by Crippen LogP contribution is 2.35. The van der Waals surface area contributed by atoms with Crippen LogP contribution in [-0.4, -0.2) is 40.9 Å². The fourth-order valence-electron chi connectivity index (χ4n) is 4.29. The lowest BCUT2D eigenvalue weighted by molar-refractivity contribution is 0.251. The molecule has 3 aromatic rings. The molecule has 0 spiro atoms. The van der Waals surface area contributed by atoms with E-state index in [0.717, 1.165) is 16.9 Å². The number of aromatic nitrogens is 3. The molecule has 1 aliphatic rings. The smallest absolute Gasteiger partial charge is 0.329 e.